The van der Waals surface area contributed by atoms with Gasteiger partial charge in [0.15, 0.2) is 5.78 Å². The van der Waals surface area contributed by atoms with E-state index in [1.54, 1.807) is 12.1 Å². The summed E-state index contributed by atoms with van der Waals surface area (Å²) in [6, 6.07) is 10.2. The molecular weight excluding hydrogens is 415 g/mol. The zero-order valence-electron chi connectivity index (χ0n) is 16.4. The second kappa shape index (κ2) is 7.83. The van der Waals surface area contributed by atoms with Crippen LogP contribution in [0.1, 0.15) is 36.7 Å². The molecule has 1 aliphatic heterocycles. The fraction of sp³-hybridized carbons (Fsp3) is 0.381. The Bertz CT molecular complexity index is 1030. The number of aliphatic hydroxyl groups is 1. The topological polar surface area (TPSA) is 80.7 Å². The summed E-state index contributed by atoms with van der Waals surface area (Å²) >= 11 is 1.26. The molecule has 2 aromatic rings. The van der Waals surface area contributed by atoms with Crippen molar-refractivity contribution in [1.29, 1.82) is 0 Å². The van der Waals surface area contributed by atoms with Crippen molar-refractivity contribution in [1.82, 2.24) is 0 Å². The number of rotatable bonds is 5. The van der Waals surface area contributed by atoms with E-state index in [0.29, 0.717) is 4.90 Å². The van der Waals surface area contributed by atoms with E-state index >= 15 is 0 Å². The number of ketones is 1. The van der Waals surface area contributed by atoms with Crippen molar-refractivity contribution in [2.45, 2.75) is 36.0 Å². The van der Waals surface area contributed by atoms with Gasteiger partial charge in [0.05, 0.1) is 23.5 Å². The van der Waals surface area contributed by atoms with Gasteiger partial charge in [-0.1, -0.05) is 32.9 Å². The number of carbonyl (C=O) groups is 1. The summed E-state index contributed by atoms with van der Waals surface area (Å²) in [5, 5.41) is 9.90. The Balaban J connectivity index is 1.82. The van der Waals surface area contributed by atoms with E-state index in [1.165, 1.54) is 36.0 Å². The Morgan fingerprint density at radius 3 is 2.41 bits per heavy atom. The van der Waals surface area contributed by atoms with Crippen LogP contribution in [0.2, 0.25) is 0 Å². The minimum atomic E-state index is -4.13. The first-order valence-electron chi connectivity index (χ1n) is 9.06. The minimum absolute atomic E-state index is 0.0269. The van der Waals surface area contributed by atoms with Crippen LogP contribution in [-0.2, 0) is 19.7 Å². The highest BCUT2D eigenvalue weighted by Gasteiger charge is 2.44. The molecule has 0 saturated heterocycles. The molecule has 29 heavy (non-hydrogen) atoms. The molecule has 0 amide bonds. The van der Waals surface area contributed by atoms with Gasteiger partial charge < -0.3 is 5.11 Å². The molecule has 0 fully saturated rings. The third-order valence-corrected chi connectivity index (χ3v) is 7.62. The van der Waals surface area contributed by atoms with Crippen molar-refractivity contribution >= 4 is 27.7 Å². The molecule has 0 bridgehead atoms. The number of hydrogen-bond acceptors (Lipinski definition) is 6. The molecule has 156 valence electrons. The number of fused-ring (bicyclic) bond motifs is 1. The van der Waals surface area contributed by atoms with E-state index in [0.717, 1.165) is 11.6 Å². The van der Waals surface area contributed by atoms with Crippen molar-refractivity contribution in [3.63, 3.8) is 0 Å². The molecule has 3 rings (SSSR count). The maximum Gasteiger partial charge on any atom is 0.297 e. The zero-order chi connectivity index (χ0) is 21.4. The standard InChI is InChI=1S/C21H23FO5S2/c1-20(2,3)14-4-7-16(8-5-14)29(25,26)27-12-21(11-23)13-28-18-9-6-15(22)10-17(18)19(21)24/h4-10,23H,11-13H2,1-3H3. The van der Waals surface area contributed by atoms with Crippen LogP contribution in [0, 0.1) is 11.2 Å². The molecule has 0 saturated carbocycles. The van der Waals surface area contributed by atoms with Crippen molar-refractivity contribution in [3.05, 3.63) is 59.4 Å². The summed E-state index contributed by atoms with van der Waals surface area (Å²) in [5.41, 5.74) is -0.478. The van der Waals surface area contributed by atoms with E-state index in [4.69, 9.17) is 4.18 Å². The second-order valence-corrected chi connectivity index (χ2v) is 10.8. The van der Waals surface area contributed by atoms with Crippen LogP contribution in [0.4, 0.5) is 4.39 Å². The van der Waals surface area contributed by atoms with Crippen LogP contribution in [0.3, 0.4) is 0 Å². The van der Waals surface area contributed by atoms with Crippen molar-refractivity contribution in [2.75, 3.05) is 19.0 Å². The number of hydrogen-bond donors (Lipinski definition) is 1. The maximum absolute atomic E-state index is 13.6. The first-order valence-corrected chi connectivity index (χ1v) is 11.5. The van der Waals surface area contributed by atoms with Gasteiger partial charge >= 0.3 is 0 Å². The van der Waals surface area contributed by atoms with Gasteiger partial charge in [-0.2, -0.15) is 8.42 Å². The van der Waals surface area contributed by atoms with Crippen LogP contribution in [0.25, 0.3) is 0 Å². The summed E-state index contributed by atoms with van der Waals surface area (Å²) in [6.45, 7) is 4.93. The summed E-state index contributed by atoms with van der Waals surface area (Å²) in [4.78, 5) is 13.5. The molecule has 0 aromatic heterocycles. The molecule has 8 heteroatoms. The molecular formula is C21H23FO5S2. The van der Waals surface area contributed by atoms with E-state index < -0.39 is 40.3 Å². The van der Waals surface area contributed by atoms with Gasteiger partial charge in [-0.15, -0.1) is 11.8 Å². The predicted octanol–water partition coefficient (Wildman–Crippen LogP) is 3.80. The molecule has 1 aliphatic rings. The highest BCUT2D eigenvalue weighted by molar-refractivity contribution is 7.99. The van der Waals surface area contributed by atoms with Gasteiger partial charge in [-0.05, 0) is 41.3 Å². The molecule has 0 radical (unpaired) electrons. The Morgan fingerprint density at radius 1 is 1.17 bits per heavy atom. The summed E-state index contributed by atoms with van der Waals surface area (Å²) in [5.74, 6) is -0.954. The molecule has 5 nitrogen and oxygen atoms in total. The number of benzene rings is 2. The fourth-order valence-electron chi connectivity index (χ4n) is 3.02. The van der Waals surface area contributed by atoms with Gasteiger partial charge in [0.2, 0.25) is 0 Å². The van der Waals surface area contributed by atoms with E-state index in [1.807, 2.05) is 20.8 Å². The minimum Gasteiger partial charge on any atom is -0.395 e. The van der Waals surface area contributed by atoms with Crippen molar-refractivity contribution in [2.24, 2.45) is 5.41 Å². The highest BCUT2D eigenvalue weighted by atomic mass is 32.2. The third-order valence-electron chi connectivity index (χ3n) is 4.97. The third kappa shape index (κ3) is 4.40. The smallest absolute Gasteiger partial charge is 0.297 e. The van der Waals surface area contributed by atoms with Gasteiger partial charge in [0.1, 0.15) is 5.82 Å². The first kappa shape index (κ1) is 22.0. The second-order valence-electron chi connectivity index (χ2n) is 8.19. The summed E-state index contributed by atoms with van der Waals surface area (Å²) in [6.07, 6.45) is 0. The van der Waals surface area contributed by atoms with Gasteiger partial charge in [-0.3, -0.25) is 8.98 Å². The van der Waals surface area contributed by atoms with Crippen LogP contribution in [-0.4, -0.2) is 38.3 Å². The molecule has 1 N–H and O–H groups in total. The summed E-state index contributed by atoms with van der Waals surface area (Å²) < 4.78 is 44.0. The Kier molecular flexibility index (Phi) is 5.93. The van der Waals surface area contributed by atoms with Crippen molar-refractivity contribution < 1.29 is 26.9 Å². The number of aliphatic hydroxyl groups excluding tert-OH is 1. The summed E-state index contributed by atoms with van der Waals surface area (Å²) in [7, 11) is -4.13. The lowest BCUT2D eigenvalue weighted by molar-refractivity contribution is 0.0543. The molecule has 0 spiro atoms. The molecule has 1 heterocycles. The van der Waals surface area contributed by atoms with E-state index in [2.05, 4.69) is 0 Å². The highest BCUT2D eigenvalue weighted by Crippen LogP contribution is 2.40. The monoisotopic (exact) mass is 438 g/mol. The van der Waals surface area contributed by atoms with Crippen LogP contribution < -0.4 is 0 Å². The van der Waals surface area contributed by atoms with Crippen LogP contribution >= 0.6 is 11.8 Å². The lowest BCUT2D eigenvalue weighted by atomic mass is 9.83. The average molecular weight is 439 g/mol. The van der Waals surface area contributed by atoms with Gasteiger partial charge in [0.25, 0.3) is 10.1 Å². The van der Waals surface area contributed by atoms with Gasteiger partial charge in [-0.25, -0.2) is 4.39 Å². The normalized spacial score (nSPS) is 19.8. The van der Waals surface area contributed by atoms with Crippen LogP contribution in [0.15, 0.2) is 52.3 Å². The van der Waals surface area contributed by atoms with E-state index in [-0.39, 0.29) is 21.6 Å². The van der Waals surface area contributed by atoms with Gasteiger partial charge in [0, 0.05) is 16.2 Å². The number of halogens is 1. The zero-order valence-corrected chi connectivity index (χ0v) is 18.1. The lowest BCUT2D eigenvalue weighted by Gasteiger charge is -2.33. The van der Waals surface area contributed by atoms with Crippen LogP contribution in [0.5, 0.6) is 0 Å². The molecule has 2 aromatic carbocycles. The average Bonchev–Trinajstić information content (AvgIpc) is 2.68. The number of thioether (sulfide) groups is 1. The Morgan fingerprint density at radius 2 is 1.83 bits per heavy atom. The number of Topliss-reactive ketones (excluding diaryl/α,β-unsaturated/α-hetero) is 1. The van der Waals surface area contributed by atoms with Crippen molar-refractivity contribution in [3.8, 4) is 0 Å². The maximum atomic E-state index is 13.6. The number of carbonyl (C=O) groups excluding carboxylic acids is 1. The largest absolute Gasteiger partial charge is 0.395 e. The molecule has 1 unspecified atom stereocenters. The molecule has 0 aliphatic carbocycles. The molecule has 1 atom stereocenters. The van der Waals surface area contributed by atoms with E-state index in [9.17, 15) is 22.7 Å². The fourth-order valence-corrected chi connectivity index (χ4v) is 5.22. The predicted molar refractivity (Wildman–Crippen MR) is 109 cm³/mol. The Labute approximate surface area is 174 Å². The Hall–Kier alpha value is -1.74. The first-order chi connectivity index (χ1) is 13.5. The lowest BCUT2D eigenvalue weighted by Crippen LogP contribution is -2.44. The SMILES string of the molecule is CC(C)(C)c1ccc(S(=O)(=O)OCC2(CO)CSc3ccc(F)cc3C2=O)cc1. The quantitative estimate of drug-likeness (QED) is 0.716.